The molecule has 0 spiro atoms. The summed E-state index contributed by atoms with van der Waals surface area (Å²) in [6.45, 7) is 14.3. The molecule has 206 valence electrons. The quantitative estimate of drug-likeness (QED) is 0.132. The van der Waals surface area contributed by atoms with Crippen molar-refractivity contribution in [2.45, 2.75) is 32.7 Å². The Morgan fingerprint density at radius 1 is 0.854 bits per heavy atom. The number of allylic oxidation sites excluding steroid dienone is 12. The van der Waals surface area contributed by atoms with E-state index in [0.717, 1.165) is 31.4 Å². The summed E-state index contributed by atoms with van der Waals surface area (Å²) in [7, 11) is 0. The van der Waals surface area contributed by atoms with Gasteiger partial charge in [-0.2, -0.15) is 0 Å². The molecule has 0 aromatic heterocycles. The van der Waals surface area contributed by atoms with Gasteiger partial charge in [0.15, 0.2) is 0 Å². The molecule has 1 heteroatoms. The van der Waals surface area contributed by atoms with Crippen LogP contribution in [0.4, 0.5) is 0 Å². The van der Waals surface area contributed by atoms with Gasteiger partial charge in [-0.15, -0.1) is 0 Å². The van der Waals surface area contributed by atoms with Crippen LogP contribution in [0.5, 0.6) is 0 Å². The molecular formula is C40H41N. The Balaban J connectivity index is 0.000000229. The summed E-state index contributed by atoms with van der Waals surface area (Å²) in [5.41, 5.74) is 10.1. The third-order valence-electron chi connectivity index (χ3n) is 6.45. The summed E-state index contributed by atoms with van der Waals surface area (Å²) in [6, 6.07) is 27.5. The van der Waals surface area contributed by atoms with E-state index in [0.29, 0.717) is 0 Å². The van der Waals surface area contributed by atoms with E-state index in [1.165, 1.54) is 39.0 Å². The number of aryl methyl sites for hydroxylation is 1. The molecule has 0 radical (unpaired) electrons. The van der Waals surface area contributed by atoms with Gasteiger partial charge in [-0.3, -0.25) is 4.99 Å². The summed E-state index contributed by atoms with van der Waals surface area (Å²) >= 11 is 0. The first kappa shape index (κ1) is 30.8. The van der Waals surface area contributed by atoms with Crippen LogP contribution in [-0.2, 0) is 13.0 Å². The Morgan fingerprint density at radius 2 is 1.61 bits per heavy atom. The second-order valence-corrected chi connectivity index (χ2v) is 9.83. The topological polar surface area (TPSA) is 12.4 Å². The van der Waals surface area contributed by atoms with E-state index < -0.39 is 0 Å². The highest BCUT2D eigenvalue weighted by molar-refractivity contribution is 5.78. The minimum absolute atomic E-state index is 0.753. The third kappa shape index (κ3) is 11.5. The maximum absolute atomic E-state index is 4.38. The molecule has 0 bridgehead atoms. The molecular weight excluding hydrogens is 494 g/mol. The average Bonchev–Trinajstić information content (AvgIpc) is 3.00. The molecule has 0 amide bonds. The number of nitrogens with zero attached hydrogens (tertiary/aromatic N) is 1. The Kier molecular flexibility index (Phi) is 13.3. The maximum atomic E-state index is 4.38. The van der Waals surface area contributed by atoms with Crippen LogP contribution in [0.3, 0.4) is 0 Å². The largest absolute Gasteiger partial charge is 0.292 e. The lowest BCUT2D eigenvalue weighted by atomic mass is 9.91. The molecule has 3 aromatic carbocycles. The van der Waals surface area contributed by atoms with Crippen molar-refractivity contribution in [3.05, 3.63) is 192 Å². The molecule has 1 nitrogen and oxygen atoms in total. The van der Waals surface area contributed by atoms with E-state index in [2.05, 4.69) is 129 Å². The van der Waals surface area contributed by atoms with Crippen molar-refractivity contribution in [2.75, 3.05) is 0 Å². The van der Waals surface area contributed by atoms with Crippen molar-refractivity contribution < 1.29 is 0 Å². The predicted molar refractivity (Wildman–Crippen MR) is 182 cm³/mol. The van der Waals surface area contributed by atoms with E-state index >= 15 is 0 Å². The lowest BCUT2D eigenvalue weighted by molar-refractivity contribution is 1.07. The first-order chi connectivity index (χ1) is 20.1. The number of hydrogen-bond acceptors (Lipinski definition) is 1. The Bertz CT molecular complexity index is 1450. The van der Waals surface area contributed by atoms with Crippen LogP contribution in [0.2, 0.25) is 0 Å². The highest BCUT2D eigenvalue weighted by Crippen LogP contribution is 2.26. The van der Waals surface area contributed by atoms with Crippen molar-refractivity contribution in [2.24, 2.45) is 4.99 Å². The van der Waals surface area contributed by atoms with Crippen LogP contribution in [0.1, 0.15) is 40.7 Å². The van der Waals surface area contributed by atoms with Gasteiger partial charge < -0.3 is 0 Å². The van der Waals surface area contributed by atoms with Crippen LogP contribution in [0, 0.1) is 6.92 Å². The Hall–Kier alpha value is -4.75. The predicted octanol–water partition coefficient (Wildman–Crippen LogP) is 10.7. The highest BCUT2D eigenvalue weighted by Gasteiger charge is 2.08. The molecule has 0 heterocycles. The van der Waals surface area contributed by atoms with E-state index in [1.807, 2.05) is 42.6 Å². The van der Waals surface area contributed by atoms with E-state index in [-0.39, 0.29) is 0 Å². The zero-order chi connectivity index (χ0) is 29.1. The average molecular weight is 536 g/mol. The van der Waals surface area contributed by atoms with Gasteiger partial charge in [0.25, 0.3) is 0 Å². The van der Waals surface area contributed by atoms with E-state index in [9.17, 15) is 0 Å². The van der Waals surface area contributed by atoms with Gasteiger partial charge in [-0.1, -0.05) is 170 Å². The van der Waals surface area contributed by atoms with Crippen LogP contribution >= 0.6 is 0 Å². The minimum atomic E-state index is 0.753. The number of aliphatic imine (C=N–C) groups is 1. The van der Waals surface area contributed by atoms with Crippen molar-refractivity contribution in [3.63, 3.8) is 0 Å². The van der Waals surface area contributed by atoms with Crippen LogP contribution in [0.15, 0.2) is 169 Å². The zero-order valence-electron chi connectivity index (χ0n) is 24.3. The zero-order valence-corrected chi connectivity index (χ0v) is 24.3. The molecule has 0 saturated carbocycles. The maximum Gasteiger partial charge on any atom is 0.0635 e. The normalized spacial score (nSPS) is 13.8. The molecule has 0 atom stereocenters. The second-order valence-electron chi connectivity index (χ2n) is 9.83. The minimum Gasteiger partial charge on any atom is -0.292 e. The van der Waals surface area contributed by atoms with Gasteiger partial charge in [0, 0.05) is 12.6 Å². The van der Waals surface area contributed by atoms with Gasteiger partial charge in [-0.25, -0.2) is 0 Å². The molecule has 1 aliphatic carbocycles. The van der Waals surface area contributed by atoms with Crippen molar-refractivity contribution in [3.8, 4) is 0 Å². The molecule has 0 fully saturated rings. The summed E-state index contributed by atoms with van der Waals surface area (Å²) in [4.78, 5) is 4.38. The Morgan fingerprint density at radius 3 is 2.37 bits per heavy atom. The van der Waals surface area contributed by atoms with Crippen molar-refractivity contribution in [1.29, 1.82) is 0 Å². The second kappa shape index (κ2) is 17.8. The van der Waals surface area contributed by atoms with Gasteiger partial charge in [0.05, 0.1) is 6.54 Å². The van der Waals surface area contributed by atoms with Gasteiger partial charge >= 0.3 is 0 Å². The van der Waals surface area contributed by atoms with Crippen LogP contribution < -0.4 is 0 Å². The first-order valence-corrected chi connectivity index (χ1v) is 14.1. The van der Waals surface area contributed by atoms with Crippen molar-refractivity contribution >= 4 is 17.9 Å². The van der Waals surface area contributed by atoms with E-state index in [1.54, 1.807) is 6.08 Å². The lowest BCUT2D eigenvalue weighted by Gasteiger charge is -2.13. The molecule has 1 aliphatic rings. The SMILES string of the molecule is C=C/C=C(\C=C1\C=Cc2ccccc2C1)c1ccc(C)cc1.C=C/C=C\C(=C)C/C=C\CC=NCc1ccccc1. The smallest absolute Gasteiger partial charge is 0.0635 e. The molecule has 0 aliphatic heterocycles. The molecule has 0 unspecified atom stereocenters. The summed E-state index contributed by atoms with van der Waals surface area (Å²) in [6.07, 6.45) is 25.1. The van der Waals surface area contributed by atoms with E-state index in [4.69, 9.17) is 0 Å². The van der Waals surface area contributed by atoms with Crippen LogP contribution in [0.25, 0.3) is 11.6 Å². The molecule has 41 heavy (non-hydrogen) atoms. The lowest BCUT2D eigenvalue weighted by Crippen LogP contribution is -1.97. The van der Waals surface area contributed by atoms with Gasteiger partial charge in [0.2, 0.25) is 0 Å². The summed E-state index contributed by atoms with van der Waals surface area (Å²) in [5.74, 6) is 0. The number of hydrogen-bond donors (Lipinski definition) is 0. The van der Waals surface area contributed by atoms with Gasteiger partial charge in [-0.05, 0) is 53.2 Å². The fourth-order valence-electron chi connectivity index (χ4n) is 4.22. The fourth-order valence-corrected chi connectivity index (χ4v) is 4.22. The number of rotatable bonds is 11. The monoisotopic (exact) mass is 535 g/mol. The number of fused-ring (bicyclic) bond motifs is 1. The molecule has 0 saturated heterocycles. The standard InChI is InChI=1S/C22H20.C18H21N/c1-3-6-21(20-12-9-17(2)10-13-20)15-18-11-14-19-7-4-5-8-22(19)16-18;1-3-4-11-17(2)12-7-6-10-15-19-16-18-13-8-5-9-14-18/h3-15H,1,16H2,2H3;3-9,11,13-15H,1-2,10,12,16H2/b18-15-,21-6+;7-6-,11-4-,19-15?. The fraction of sp³-hybridized carbons (Fsp3) is 0.125. The summed E-state index contributed by atoms with van der Waals surface area (Å²) < 4.78 is 0. The number of benzene rings is 3. The van der Waals surface area contributed by atoms with Crippen molar-refractivity contribution in [1.82, 2.24) is 0 Å². The summed E-state index contributed by atoms with van der Waals surface area (Å²) in [5, 5.41) is 0. The third-order valence-corrected chi connectivity index (χ3v) is 6.45. The molecule has 0 N–H and O–H groups in total. The van der Waals surface area contributed by atoms with Gasteiger partial charge in [0.1, 0.15) is 0 Å². The molecule has 3 aromatic rings. The Labute approximate surface area is 247 Å². The molecule has 4 rings (SSSR count). The van der Waals surface area contributed by atoms with Crippen LogP contribution in [-0.4, -0.2) is 6.21 Å². The first-order valence-electron chi connectivity index (χ1n) is 14.1. The highest BCUT2D eigenvalue weighted by atomic mass is 14.7.